The normalized spacial score (nSPS) is 19.9. The second-order valence-corrected chi connectivity index (χ2v) is 18.7. The molecule has 2 unspecified atom stereocenters. The van der Waals surface area contributed by atoms with Crippen LogP contribution in [0.15, 0.2) is 58.1 Å². The standard InChI is InChI=1S/C34H47BrO4Si/c1-7-8-10-15-25(39-40(5,6)34(2,3)4)16-17-26-29(36)21-24-20-27-30(38-22-23-13-11-9-12-14-23)19-18-28(35)32(27)33(37)31(24)26/h9,11-14,18-19,24-25,33,37H,7-8,10,15-17,20-22H2,1-6H3/t24?,25-,33?/m0/s1. The van der Waals surface area contributed by atoms with Gasteiger partial charge in [-0.15, -0.1) is 0 Å². The van der Waals surface area contributed by atoms with Crippen molar-refractivity contribution in [2.24, 2.45) is 5.92 Å². The number of rotatable bonds is 12. The first-order valence-corrected chi connectivity index (χ1v) is 18.7. The Morgan fingerprint density at radius 1 is 1.05 bits per heavy atom. The summed E-state index contributed by atoms with van der Waals surface area (Å²) in [4.78, 5) is 13.4. The number of Topliss-reactive ketones (excluding diaryl/α,β-unsaturated/α-hetero) is 1. The predicted octanol–water partition coefficient (Wildman–Crippen LogP) is 9.25. The van der Waals surface area contributed by atoms with Gasteiger partial charge in [0.05, 0.1) is 0 Å². The molecule has 0 saturated heterocycles. The third-order valence-corrected chi connectivity index (χ3v) is 14.4. The van der Waals surface area contributed by atoms with E-state index in [9.17, 15) is 9.90 Å². The van der Waals surface area contributed by atoms with Crippen LogP contribution in [0, 0.1) is 5.92 Å². The Morgan fingerprint density at radius 3 is 2.45 bits per heavy atom. The zero-order valence-electron chi connectivity index (χ0n) is 25.2. The predicted molar refractivity (Wildman–Crippen MR) is 169 cm³/mol. The lowest BCUT2D eigenvalue weighted by molar-refractivity contribution is -0.115. The fourth-order valence-electron chi connectivity index (χ4n) is 5.90. The minimum absolute atomic E-state index is 0.0261. The molecule has 2 aromatic rings. The number of ketones is 1. The molecule has 3 atom stereocenters. The van der Waals surface area contributed by atoms with Crippen LogP contribution >= 0.6 is 15.9 Å². The van der Waals surface area contributed by atoms with Gasteiger partial charge in [-0.3, -0.25) is 4.79 Å². The third kappa shape index (κ3) is 7.00. The number of aliphatic hydroxyl groups is 1. The minimum Gasteiger partial charge on any atom is -0.489 e. The van der Waals surface area contributed by atoms with Crippen LogP contribution in [0.5, 0.6) is 5.75 Å². The summed E-state index contributed by atoms with van der Waals surface area (Å²) in [5, 5.41) is 11.9. The maximum atomic E-state index is 13.4. The third-order valence-electron chi connectivity index (χ3n) is 9.19. The van der Waals surface area contributed by atoms with E-state index < -0.39 is 14.4 Å². The maximum absolute atomic E-state index is 13.4. The molecule has 4 rings (SSSR count). The minimum atomic E-state index is -1.93. The Morgan fingerprint density at radius 2 is 1.77 bits per heavy atom. The summed E-state index contributed by atoms with van der Waals surface area (Å²) in [6.45, 7) is 14.2. The quantitative estimate of drug-likeness (QED) is 0.188. The monoisotopic (exact) mass is 626 g/mol. The molecule has 0 spiro atoms. The van der Waals surface area contributed by atoms with Crippen LogP contribution in [0.3, 0.4) is 0 Å². The summed E-state index contributed by atoms with van der Waals surface area (Å²) < 4.78 is 14.0. The fourth-order valence-corrected chi connectivity index (χ4v) is 7.91. The van der Waals surface area contributed by atoms with Crippen LogP contribution in [0.2, 0.25) is 18.1 Å². The molecule has 0 radical (unpaired) electrons. The van der Waals surface area contributed by atoms with E-state index in [2.05, 4.69) is 56.7 Å². The molecular formula is C34H47BrO4Si. The number of unbranched alkanes of at least 4 members (excludes halogenated alkanes) is 2. The highest BCUT2D eigenvalue weighted by Crippen LogP contribution is 2.51. The summed E-state index contributed by atoms with van der Waals surface area (Å²) in [6, 6.07) is 14.0. The molecule has 2 aliphatic carbocycles. The highest BCUT2D eigenvalue weighted by molar-refractivity contribution is 9.10. The van der Waals surface area contributed by atoms with Crippen molar-refractivity contribution in [1.82, 2.24) is 0 Å². The van der Waals surface area contributed by atoms with Gasteiger partial charge in [-0.05, 0) is 78.6 Å². The average molecular weight is 628 g/mol. The molecule has 6 heteroatoms. The zero-order valence-corrected chi connectivity index (χ0v) is 27.8. The van der Waals surface area contributed by atoms with E-state index in [0.717, 1.165) is 57.3 Å². The molecule has 0 aliphatic heterocycles. The van der Waals surface area contributed by atoms with Crippen molar-refractivity contribution in [3.63, 3.8) is 0 Å². The molecule has 1 N–H and O–H groups in total. The zero-order chi connectivity index (χ0) is 29.1. The summed E-state index contributed by atoms with van der Waals surface area (Å²) >= 11 is 3.70. The smallest absolute Gasteiger partial charge is 0.192 e. The highest BCUT2D eigenvalue weighted by Gasteiger charge is 2.43. The number of aliphatic hydroxyl groups excluding tert-OH is 1. The van der Waals surface area contributed by atoms with E-state index >= 15 is 0 Å². The number of carbonyl (C=O) groups is 1. The Balaban J connectivity index is 1.56. The van der Waals surface area contributed by atoms with Crippen molar-refractivity contribution in [1.29, 1.82) is 0 Å². The summed E-state index contributed by atoms with van der Waals surface area (Å²) in [6.07, 6.45) is 6.57. The SMILES string of the molecule is CCCCC[C@@H](CCC1=C2C(CC1=O)Cc1c(OCc3ccccc3)ccc(Br)c1C2O)O[Si](C)(C)C(C)(C)C. The second kappa shape index (κ2) is 13.1. The van der Waals surface area contributed by atoms with E-state index in [0.29, 0.717) is 25.9 Å². The Labute approximate surface area is 250 Å². The van der Waals surface area contributed by atoms with Crippen LogP contribution in [0.25, 0.3) is 0 Å². The van der Waals surface area contributed by atoms with Gasteiger partial charge in [0.15, 0.2) is 14.1 Å². The van der Waals surface area contributed by atoms with Crippen molar-refractivity contribution >= 4 is 30.0 Å². The molecule has 0 heterocycles. The number of fused-ring (bicyclic) bond motifs is 2. The number of carbonyl (C=O) groups excluding carboxylic acids is 1. The van der Waals surface area contributed by atoms with E-state index in [1.54, 1.807) is 0 Å². The number of allylic oxidation sites excluding steroid dienone is 1. The molecule has 0 fully saturated rings. The van der Waals surface area contributed by atoms with Crippen LogP contribution < -0.4 is 4.74 Å². The van der Waals surface area contributed by atoms with E-state index in [4.69, 9.17) is 9.16 Å². The molecule has 2 aliphatic rings. The second-order valence-electron chi connectivity index (χ2n) is 13.1. The first kappa shape index (κ1) is 31.2. The highest BCUT2D eigenvalue weighted by atomic mass is 79.9. The van der Waals surface area contributed by atoms with Gasteiger partial charge >= 0.3 is 0 Å². The van der Waals surface area contributed by atoms with Crippen LogP contribution in [-0.4, -0.2) is 25.3 Å². The lowest BCUT2D eigenvalue weighted by Gasteiger charge is -2.39. The first-order valence-electron chi connectivity index (χ1n) is 15.0. The number of ether oxygens (including phenoxy) is 1. The molecule has 0 saturated carbocycles. The number of hydrogen-bond donors (Lipinski definition) is 1. The van der Waals surface area contributed by atoms with Gasteiger partial charge in [-0.1, -0.05) is 93.2 Å². The van der Waals surface area contributed by atoms with Crippen LogP contribution in [0.1, 0.15) is 95.4 Å². The van der Waals surface area contributed by atoms with E-state index in [-0.39, 0.29) is 22.8 Å². The lowest BCUT2D eigenvalue weighted by atomic mass is 9.78. The molecular weight excluding hydrogens is 580 g/mol. The van der Waals surface area contributed by atoms with E-state index in [1.165, 1.54) is 12.8 Å². The Bertz CT molecular complexity index is 1210. The van der Waals surface area contributed by atoms with Gasteiger partial charge in [-0.2, -0.15) is 0 Å². The largest absolute Gasteiger partial charge is 0.489 e. The average Bonchev–Trinajstić information content (AvgIpc) is 3.21. The topological polar surface area (TPSA) is 55.8 Å². The number of benzene rings is 2. The summed E-state index contributed by atoms with van der Waals surface area (Å²) in [5.74, 6) is 1.01. The van der Waals surface area contributed by atoms with Crippen molar-refractivity contribution in [3.8, 4) is 5.75 Å². The van der Waals surface area contributed by atoms with Gasteiger partial charge in [0.25, 0.3) is 0 Å². The maximum Gasteiger partial charge on any atom is 0.192 e. The van der Waals surface area contributed by atoms with Gasteiger partial charge in [0.2, 0.25) is 0 Å². The van der Waals surface area contributed by atoms with Crippen molar-refractivity contribution in [2.75, 3.05) is 0 Å². The van der Waals surface area contributed by atoms with Crippen LogP contribution in [-0.2, 0) is 22.2 Å². The molecule has 4 nitrogen and oxygen atoms in total. The van der Waals surface area contributed by atoms with Crippen LogP contribution in [0.4, 0.5) is 0 Å². The molecule has 218 valence electrons. The van der Waals surface area contributed by atoms with Gasteiger partial charge < -0.3 is 14.3 Å². The number of halogens is 1. The van der Waals surface area contributed by atoms with E-state index in [1.807, 2.05) is 42.5 Å². The summed E-state index contributed by atoms with van der Waals surface area (Å²) in [7, 11) is -1.93. The lowest BCUT2D eigenvalue weighted by Crippen LogP contribution is -2.44. The summed E-state index contributed by atoms with van der Waals surface area (Å²) in [5.41, 5.74) is 4.73. The molecule has 40 heavy (non-hydrogen) atoms. The molecule has 2 aromatic carbocycles. The van der Waals surface area contributed by atoms with Gasteiger partial charge in [0.1, 0.15) is 18.5 Å². The van der Waals surface area contributed by atoms with Gasteiger partial charge in [-0.25, -0.2) is 0 Å². The molecule has 0 amide bonds. The molecule has 0 bridgehead atoms. The van der Waals surface area contributed by atoms with Crippen molar-refractivity contribution < 1.29 is 19.1 Å². The Hall–Kier alpha value is -1.73. The van der Waals surface area contributed by atoms with Crippen molar-refractivity contribution in [2.45, 2.75) is 116 Å². The Kier molecular flexibility index (Phi) is 10.2. The first-order chi connectivity index (χ1) is 18.9. The number of hydrogen-bond acceptors (Lipinski definition) is 4. The molecule has 0 aromatic heterocycles. The van der Waals surface area contributed by atoms with Crippen molar-refractivity contribution in [3.05, 3.63) is 74.8 Å². The van der Waals surface area contributed by atoms with Gasteiger partial charge in [0, 0.05) is 28.1 Å². The fraction of sp³-hybridized carbons (Fsp3) is 0.559.